The minimum absolute atomic E-state index is 0.125. The maximum Gasteiger partial charge on any atom is 0.311 e. The first-order valence-electron chi connectivity index (χ1n) is 8.57. The first-order chi connectivity index (χ1) is 12.0. The largest absolute Gasteiger partial charge is 0.481 e. The lowest BCUT2D eigenvalue weighted by atomic mass is 9.74. The van der Waals surface area contributed by atoms with Gasteiger partial charge in [0.15, 0.2) is 0 Å². The molecule has 1 aliphatic rings. The van der Waals surface area contributed by atoms with Gasteiger partial charge in [-0.1, -0.05) is 54.8 Å². The van der Waals surface area contributed by atoms with Crippen molar-refractivity contribution in [3.63, 3.8) is 0 Å². The molecule has 6 nitrogen and oxygen atoms in total. The molecule has 25 heavy (non-hydrogen) atoms. The van der Waals surface area contributed by atoms with E-state index in [1.54, 1.807) is 6.92 Å². The molecule has 1 amide bonds. The van der Waals surface area contributed by atoms with E-state index in [1.807, 2.05) is 30.3 Å². The Morgan fingerprint density at radius 3 is 2.52 bits per heavy atom. The van der Waals surface area contributed by atoms with Crippen LogP contribution in [0.5, 0.6) is 0 Å². The number of benzene rings is 1. The van der Waals surface area contributed by atoms with Gasteiger partial charge in [0.05, 0.1) is 5.41 Å². The van der Waals surface area contributed by atoms with E-state index in [4.69, 9.17) is 4.52 Å². The van der Waals surface area contributed by atoms with Gasteiger partial charge in [0.1, 0.15) is 17.0 Å². The molecule has 1 aromatic carbocycles. The Morgan fingerprint density at radius 1 is 1.20 bits per heavy atom. The second kappa shape index (κ2) is 7.09. The summed E-state index contributed by atoms with van der Waals surface area (Å²) in [7, 11) is 0. The number of carboxylic acid groups (broad SMARTS) is 1. The smallest absolute Gasteiger partial charge is 0.311 e. The average molecular weight is 342 g/mol. The molecule has 1 saturated carbocycles. The summed E-state index contributed by atoms with van der Waals surface area (Å²) in [5.74, 6) is -0.758. The van der Waals surface area contributed by atoms with E-state index < -0.39 is 11.4 Å². The third-order valence-electron chi connectivity index (χ3n) is 4.99. The molecule has 1 fully saturated rings. The minimum atomic E-state index is -0.869. The van der Waals surface area contributed by atoms with E-state index in [9.17, 15) is 14.7 Å². The van der Waals surface area contributed by atoms with Crippen LogP contribution in [0, 0.1) is 12.3 Å². The van der Waals surface area contributed by atoms with Gasteiger partial charge >= 0.3 is 5.97 Å². The molecule has 2 aromatic rings. The lowest BCUT2D eigenvalue weighted by Gasteiger charge is -2.33. The van der Waals surface area contributed by atoms with E-state index in [2.05, 4.69) is 10.5 Å². The molecule has 0 radical (unpaired) electrons. The van der Waals surface area contributed by atoms with Crippen molar-refractivity contribution in [3.8, 4) is 11.3 Å². The molecule has 0 spiro atoms. The molecule has 0 unspecified atom stereocenters. The molecule has 0 aliphatic heterocycles. The van der Waals surface area contributed by atoms with Crippen LogP contribution in [0.4, 0.5) is 0 Å². The fraction of sp³-hybridized carbons (Fsp3) is 0.421. The van der Waals surface area contributed by atoms with Crippen LogP contribution in [-0.4, -0.2) is 28.7 Å². The zero-order chi connectivity index (χ0) is 17.9. The Bertz CT molecular complexity index is 761. The summed E-state index contributed by atoms with van der Waals surface area (Å²) in [4.78, 5) is 24.5. The van der Waals surface area contributed by atoms with Crippen molar-refractivity contribution < 1.29 is 19.2 Å². The van der Waals surface area contributed by atoms with Crippen LogP contribution < -0.4 is 5.32 Å². The number of nitrogens with zero attached hydrogens (tertiary/aromatic N) is 1. The van der Waals surface area contributed by atoms with Gasteiger partial charge in [-0.25, -0.2) is 0 Å². The Labute approximate surface area is 146 Å². The van der Waals surface area contributed by atoms with Gasteiger partial charge < -0.3 is 14.9 Å². The number of carbonyl (C=O) groups excluding carboxylic acids is 1. The number of hydrogen-bond acceptors (Lipinski definition) is 4. The molecule has 0 bridgehead atoms. The number of nitrogens with one attached hydrogen (secondary N) is 1. The summed E-state index contributed by atoms with van der Waals surface area (Å²) in [6, 6.07) is 9.32. The van der Waals surface area contributed by atoms with Crippen LogP contribution in [0.1, 0.15) is 48.2 Å². The molecule has 0 atom stereocenters. The molecule has 2 N–H and O–H groups in total. The Morgan fingerprint density at radius 2 is 1.88 bits per heavy atom. The normalized spacial score (nSPS) is 16.4. The van der Waals surface area contributed by atoms with Crippen molar-refractivity contribution in [2.24, 2.45) is 5.41 Å². The highest BCUT2D eigenvalue weighted by Crippen LogP contribution is 2.36. The predicted octanol–water partition coefficient (Wildman–Crippen LogP) is 3.41. The Balaban J connectivity index is 1.80. The standard InChI is InChI=1S/C19H22N2O4/c1-13-15(16(21-25-13)14-8-4-2-5-9-14)17(22)20-12-19(18(23)24)10-6-3-7-11-19/h2,4-5,8-9H,3,6-7,10-12H2,1H3,(H,20,22)(H,23,24). The molecule has 1 heterocycles. The average Bonchev–Trinajstić information content (AvgIpc) is 3.03. The first-order valence-corrected chi connectivity index (χ1v) is 8.57. The summed E-state index contributed by atoms with van der Waals surface area (Å²) in [5.41, 5.74) is 0.757. The molecular weight excluding hydrogens is 320 g/mol. The highest BCUT2D eigenvalue weighted by Gasteiger charge is 2.40. The number of aryl methyl sites for hydroxylation is 1. The van der Waals surface area contributed by atoms with Gasteiger partial charge in [0.2, 0.25) is 0 Å². The van der Waals surface area contributed by atoms with Crippen molar-refractivity contribution in [3.05, 3.63) is 41.7 Å². The lowest BCUT2D eigenvalue weighted by molar-refractivity contribution is -0.150. The van der Waals surface area contributed by atoms with E-state index in [-0.39, 0.29) is 12.5 Å². The maximum absolute atomic E-state index is 12.7. The van der Waals surface area contributed by atoms with Gasteiger partial charge in [-0.3, -0.25) is 9.59 Å². The number of aromatic nitrogens is 1. The number of amides is 1. The fourth-order valence-electron chi connectivity index (χ4n) is 3.47. The van der Waals surface area contributed by atoms with Crippen LogP contribution in [0.15, 0.2) is 34.9 Å². The number of carboxylic acids is 1. The highest BCUT2D eigenvalue weighted by molar-refractivity contribution is 6.01. The van der Waals surface area contributed by atoms with Crippen LogP contribution in [-0.2, 0) is 4.79 Å². The number of rotatable bonds is 5. The van der Waals surface area contributed by atoms with E-state index in [1.165, 1.54) is 0 Å². The minimum Gasteiger partial charge on any atom is -0.481 e. The zero-order valence-corrected chi connectivity index (χ0v) is 14.2. The van der Waals surface area contributed by atoms with Gasteiger partial charge in [0, 0.05) is 12.1 Å². The monoisotopic (exact) mass is 342 g/mol. The zero-order valence-electron chi connectivity index (χ0n) is 14.2. The number of hydrogen-bond donors (Lipinski definition) is 2. The van der Waals surface area contributed by atoms with Crippen molar-refractivity contribution in [1.29, 1.82) is 0 Å². The van der Waals surface area contributed by atoms with Crippen molar-refractivity contribution >= 4 is 11.9 Å². The predicted molar refractivity (Wildman–Crippen MR) is 92.2 cm³/mol. The van der Waals surface area contributed by atoms with E-state index >= 15 is 0 Å². The third kappa shape index (κ3) is 3.43. The molecule has 3 rings (SSSR count). The van der Waals surface area contributed by atoms with Crippen molar-refractivity contribution in [2.45, 2.75) is 39.0 Å². The second-order valence-electron chi connectivity index (χ2n) is 6.66. The second-order valence-corrected chi connectivity index (χ2v) is 6.66. The first kappa shape index (κ1) is 17.2. The highest BCUT2D eigenvalue weighted by atomic mass is 16.5. The Kier molecular flexibility index (Phi) is 4.88. The van der Waals surface area contributed by atoms with Gasteiger partial charge in [-0.05, 0) is 19.8 Å². The lowest BCUT2D eigenvalue weighted by Crippen LogP contribution is -2.44. The summed E-state index contributed by atoms with van der Waals surface area (Å²) in [5, 5.41) is 16.4. The third-order valence-corrected chi connectivity index (χ3v) is 4.99. The topological polar surface area (TPSA) is 92.4 Å². The van der Waals surface area contributed by atoms with Crippen LogP contribution >= 0.6 is 0 Å². The van der Waals surface area contributed by atoms with Gasteiger partial charge in [-0.15, -0.1) is 0 Å². The summed E-state index contributed by atoms with van der Waals surface area (Å²) < 4.78 is 5.21. The molecule has 1 aromatic heterocycles. The Hall–Kier alpha value is -2.63. The summed E-state index contributed by atoms with van der Waals surface area (Å²) in [6.45, 7) is 1.81. The number of carbonyl (C=O) groups is 2. The van der Waals surface area contributed by atoms with Crippen LogP contribution in [0.25, 0.3) is 11.3 Å². The summed E-state index contributed by atoms with van der Waals surface area (Å²) >= 11 is 0. The molecule has 0 saturated heterocycles. The molecule has 132 valence electrons. The SMILES string of the molecule is Cc1onc(-c2ccccc2)c1C(=O)NCC1(C(=O)O)CCCCC1. The maximum atomic E-state index is 12.7. The fourth-order valence-corrected chi connectivity index (χ4v) is 3.47. The van der Waals surface area contributed by atoms with Gasteiger partial charge in [-0.2, -0.15) is 0 Å². The number of aliphatic carboxylic acids is 1. The quantitative estimate of drug-likeness (QED) is 0.868. The summed E-state index contributed by atoms with van der Waals surface area (Å²) in [6.07, 6.45) is 3.99. The van der Waals surface area contributed by atoms with Crippen LogP contribution in [0.2, 0.25) is 0 Å². The van der Waals surface area contributed by atoms with Crippen molar-refractivity contribution in [2.75, 3.05) is 6.54 Å². The molecular formula is C19H22N2O4. The van der Waals surface area contributed by atoms with Crippen molar-refractivity contribution in [1.82, 2.24) is 10.5 Å². The molecule has 1 aliphatic carbocycles. The van der Waals surface area contributed by atoms with E-state index in [0.717, 1.165) is 24.8 Å². The molecule has 6 heteroatoms. The van der Waals surface area contributed by atoms with Gasteiger partial charge in [0.25, 0.3) is 5.91 Å². The van der Waals surface area contributed by atoms with Crippen LogP contribution in [0.3, 0.4) is 0 Å². The van der Waals surface area contributed by atoms with E-state index in [0.29, 0.717) is 29.9 Å².